The Morgan fingerprint density at radius 2 is 1.22 bits per heavy atom. The van der Waals surface area contributed by atoms with Gasteiger partial charge in [0.15, 0.2) is 0 Å². The second kappa shape index (κ2) is 9.55. The molecule has 0 spiro atoms. The fourth-order valence-electron chi connectivity index (χ4n) is 2.52. The molecule has 0 aliphatic carbocycles. The van der Waals surface area contributed by atoms with E-state index in [1.54, 1.807) is 6.07 Å². The predicted octanol–water partition coefficient (Wildman–Crippen LogP) is 8.11. The molecule has 0 atom stereocenters. The molecule has 0 radical (unpaired) electrons. The van der Waals surface area contributed by atoms with Crippen molar-refractivity contribution >= 4 is 25.5 Å². The summed E-state index contributed by atoms with van der Waals surface area (Å²) < 4.78 is 64.7. The number of ether oxygens (including phenoxy) is 1. The molecule has 0 aliphatic rings. The van der Waals surface area contributed by atoms with Gasteiger partial charge in [-0.3, -0.25) is 0 Å². The number of carbonyl (C=O) groups is 1. The Bertz CT molecular complexity index is 1030. The maximum atomic E-state index is 12.2. The van der Waals surface area contributed by atoms with E-state index in [4.69, 9.17) is 4.74 Å². The average Bonchev–Trinajstić information content (AvgIpc) is 2.68. The normalized spacial score (nSPS) is 13.2. The van der Waals surface area contributed by atoms with Crippen LogP contribution in [0.15, 0.2) is 78.9 Å². The number of hydrogen-bond donors (Lipinski definition) is 0. The molecule has 10 heteroatoms. The molecule has 3 aromatic rings. The van der Waals surface area contributed by atoms with Crippen molar-refractivity contribution < 1.29 is 34.7 Å². The molecule has 32 heavy (non-hydrogen) atoms. The monoisotopic (exact) mass is 494 g/mol. The van der Waals surface area contributed by atoms with Crippen molar-refractivity contribution in [3.05, 3.63) is 101 Å². The second-order valence-corrected chi connectivity index (χ2v) is 9.83. The number of esters is 1. The van der Waals surface area contributed by atoms with Gasteiger partial charge in [0, 0.05) is 11.1 Å². The number of halogens is 6. The fraction of sp³-hybridized carbons (Fsp3) is 0.136. The summed E-state index contributed by atoms with van der Waals surface area (Å²) in [6.45, 7) is 1.91. The molecule has 0 aromatic heterocycles. The topological polar surface area (TPSA) is 26.3 Å². The van der Waals surface area contributed by atoms with Gasteiger partial charge in [-0.2, -0.15) is 0 Å². The first-order valence-corrected chi connectivity index (χ1v) is 12.6. The summed E-state index contributed by atoms with van der Waals surface area (Å²) in [4.78, 5) is 12.2. The van der Waals surface area contributed by atoms with Gasteiger partial charge in [0.25, 0.3) is 0 Å². The molecule has 0 saturated carbocycles. The third kappa shape index (κ3) is 11.8. The number of thiol groups is 1. The van der Waals surface area contributed by atoms with E-state index in [0.29, 0.717) is 11.3 Å². The first-order valence-electron chi connectivity index (χ1n) is 9.28. The Balaban J connectivity index is 0.000000451. The zero-order valence-corrected chi connectivity index (χ0v) is 18.7. The first-order chi connectivity index (χ1) is 14.7. The number of carbonyl (C=O) groups excluding carboxylic acids is 1. The summed E-state index contributed by atoms with van der Waals surface area (Å²) in [6, 6.07) is 25.7. The molecule has 3 rings (SSSR count). The van der Waals surface area contributed by atoms with Gasteiger partial charge >= 0.3 is 39.0 Å². The minimum atomic E-state index is -10.7. The summed E-state index contributed by atoms with van der Waals surface area (Å²) in [5, 5.41) is 0. The predicted molar refractivity (Wildman–Crippen MR) is 119 cm³/mol. The third-order valence-corrected chi connectivity index (χ3v) is 5.11. The summed E-state index contributed by atoms with van der Waals surface area (Å²) in [6.07, 6.45) is 0. The molecule has 0 amide bonds. The van der Waals surface area contributed by atoms with Crippen molar-refractivity contribution in [1.29, 1.82) is 0 Å². The Hall–Kier alpha value is -2.51. The van der Waals surface area contributed by atoms with E-state index in [1.807, 2.05) is 55.5 Å². The molecule has 174 valence electrons. The Morgan fingerprint density at radius 1 is 0.750 bits per heavy atom. The van der Waals surface area contributed by atoms with Gasteiger partial charge in [-0.15, -0.1) is 0 Å². The summed E-state index contributed by atoms with van der Waals surface area (Å²) in [5.41, 5.74) is 4.12. The van der Waals surface area contributed by atoms with Crippen molar-refractivity contribution in [2.45, 2.75) is 18.4 Å². The van der Waals surface area contributed by atoms with Crippen LogP contribution >= 0.6 is 7.81 Å². The maximum absolute atomic E-state index is 12.2. The van der Waals surface area contributed by atoms with E-state index < -0.39 is 7.81 Å². The number of benzene rings is 3. The van der Waals surface area contributed by atoms with Crippen LogP contribution in [0.4, 0.5) is 25.2 Å². The summed E-state index contributed by atoms with van der Waals surface area (Å²) in [7, 11) is -10.7. The molecule has 0 bridgehead atoms. The van der Waals surface area contributed by atoms with Crippen LogP contribution in [0, 0.1) is 6.92 Å². The van der Waals surface area contributed by atoms with Gasteiger partial charge in [-0.25, -0.2) is 4.79 Å². The first kappa shape index (κ1) is 25.7. The molecule has 0 fully saturated rings. The Morgan fingerprint density at radius 3 is 1.75 bits per heavy atom. The van der Waals surface area contributed by atoms with Crippen LogP contribution in [-0.4, -0.2) is 5.97 Å². The van der Waals surface area contributed by atoms with Crippen molar-refractivity contribution in [2.24, 2.45) is 0 Å². The van der Waals surface area contributed by atoms with Crippen molar-refractivity contribution in [3.63, 3.8) is 0 Å². The molecule has 2 nitrogen and oxygen atoms in total. The molecule has 3 aromatic carbocycles. The molecule has 0 N–H and O–H groups in total. The second-order valence-electron chi connectivity index (χ2n) is 6.83. The van der Waals surface area contributed by atoms with Crippen LogP contribution in [-0.2, 0) is 23.3 Å². The van der Waals surface area contributed by atoms with Gasteiger partial charge < -0.3 is 4.74 Å². The van der Waals surface area contributed by atoms with Crippen LogP contribution in [0.25, 0.3) is 0 Å². The van der Waals surface area contributed by atoms with E-state index in [1.165, 1.54) is 22.9 Å². The number of rotatable bonds is 6. The van der Waals surface area contributed by atoms with Crippen molar-refractivity contribution in [1.82, 2.24) is 0 Å². The van der Waals surface area contributed by atoms with Gasteiger partial charge in [0.2, 0.25) is 0 Å². The van der Waals surface area contributed by atoms with Gasteiger partial charge in [-0.1, -0.05) is 60.7 Å². The minimum absolute atomic E-state index is 0.312. The fourth-order valence-corrected chi connectivity index (χ4v) is 3.57. The van der Waals surface area contributed by atoms with Crippen LogP contribution in [0.1, 0.15) is 27.0 Å². The molecular formula is C22H21F6O2PS. The van der Waals surface area contributed by atoms with Crippen LogP contribution < -0.4 is 4.74 Å². The zero-order valence-electron chi connectivity index (χ0n) is 16.9. The van der Waals surface area contributed by atoms with Crippen LogP contribution in [0.5, 0.6) is 5.75 Å². The number of hydrogen-bond acceptors (Lipinski definition) is 2. The summed E-state index contributed by atoms with van der Waals surface area (Å²) >= 11 is 1.36. The molecule has 0 aliphatic heterocycles. The third-order valence-electron chi connectivity index (χ3n) is 3.93. The standard InChI is InChI=1S/C22H20O2S.F6P/c1-17-7-5-6-10-21(17)22(23)24-20-13-11-19(12-14-20)16-25-15-18-8-3-2-4-9-18;1-7(2,3,4,5)6/h2-14H,15-16H2,1H3;/q;-1/p+1. The Labute approximate surface area is 185 Å². The van der Waals surface area contributed by atoms with Crippen molar-refractivity contribution in [2.75, 3.05) is 0 Å². The van der Waals surface area contributed by atoms with Gasteiger partial charge in [-0.05, 0) is 42.4 Å². The van der Waals surface area contributed by atoms with E-state index in [0.717, 1.165) is 17.1 Å². The van der Waals surface area contributed by atoms with E-state index in [2.05, 4.69) is 24.3 Å². The van der Waals surface area contributed by atoms with E-state index in [-0.39, 0.29) is 5.97 Å². The number of aryl methyl sites for hydroxylation is 1. The SMILES string of the molecule is Cc1ccccc1C(=O)Oc1ccc(C[SH+]Cc2ccccc2)cc1.F[P-](F)(F)(F)(F)F. The average molecular weight is 494 g/mol. The molecule has 0 unspecified atom stereocenters. The molecule has 0 saturated heterocycles. The van der Waals surface area contributed by atoms with E-state index >= 15 is 0 Å². The van der Waals surface area contributed by atoms with E-state index in [9.17, 15) is 30.0 Å². The van der Waals surface area contributed by atoms with Gasteiger partial charge in [0.05, 0.1) is 5.56 Å². The Kier molecular flexibility index (Phi) is 7.68. The van der Waals surface area contributed by atoms with Gasteiger partial charge in [0.1, 0.15) is 17.3 Å². The van der Waals surface area contributed by atoms with Crippen LogP contribution in [0.3, 0.4) is 0 Å². The van der Waals surface area contributed by atoms with Crippen molar-refractivity contribution in [3.8, 4) is 5.75 Å². The zero-order chi connectivity index (χ0) is 23.9. The van der Waals surface area contributed by atoms with Crippen LogP contribution in [0.2, 0.25) is 0 Å². The molecular weight excluding hydrogens is 473 g/mol. The quantitative estimate of drug-likeness (QED) is 0.0864. The molecule has 0 heterocycles. The summed E-state index contributed by atoms with van der Waals surface area (Å²) in [5.74, 6) is 2.30.